The normalized spacial score (nSPS) is 15.3. The Kier molecular flexibility index (Phi) is 8.60. The molecule has 0 atom stereocenters. The summed E-state index contributed by atoms with van der Waals surface area (Å²) in [5, 5.41) is 6.87. The Morgan fingerprint density at radius 3 is 2.64 bits per heavy atom. The van der Waals surface area contributed by atoms with E-state index in [1.165, 1.54) is 36.8 Å². The van der Waals surface area contributed by atoms with Crippen LogP contribution in [0.3, 0.4) is 0 Å². The molecule has 22 heavy (non-hydrogen) atoms. The zero-order chi connectivity index (χ0) is 15.1. The van der Waals surface area contributed by atoms with E-state index in [1.54, 1.807) is 7.11 Å². The Bertz CT molecular complexity index is 485. The molecule has 0 amide bonds. The molecule has 0 unspecified atom stereocenters. The van der Waals surface area contributed by atoms with Crippen molar-refractivity contribution in [3.05, 3.63) is 29.3 Å². The van der Waals surface area contributed by atoms with E-state index in [0.29, 0.717) is 12.6 Å². The summed E-state index contributed by atoms with van der Waals surface area (Å²) < 4.78 is 5.32. The second-order valence-electron chi connectivity index (χ2n) is 5.68. The summed E-state index contributed by atoms with van der Waals surface area (Å²) in [4.78, 5) is 4.70. The molecule has 1 aliphatic carbocycles. The molecule has 2 rings (SSSR count). The van der Waals surface area contributed by atoms with Crippen molar-refractivity contribution in [2.45, 2.75) is 52.1 Å². The molecule has 0 spiro atoms. The highest BCUT2D eigenvalue weighted by molar-refractivity contribution is 14.0. The maximum Gasteiger partial charge on any atom is 0.191 e. The second kappa shape index (κ2) is 9.92. The number of aryl methyl sites for hydroxylation is 1. The number of hydrogen-bond acceptors (Lipinski definition) is 2. The first-order valence-corrected chi connectivity index (χ1v) is 7.90. The number of aliphatic imine (C=N–C) groups is 1. The molecule has 0 heterocycles. The van der Waals surface area contributed by atoms with Crippen molar-refractivity contribution in [2.24, 2.45) is 4.99 Å². The molecular weight excluding hydrogens is 389 g/mol. The summed E-state index contributed by atoms with van der Waals surface area (Å²) in [7, 11) is 1.70. The monoisotopic (exact) mass is 417 g/mol. The van der Waals surface area contributed by atoms with E-state index >= 15 is 0 Å². The van der Waals surface area contributed by atoms with Crippen LogP contribution in [0.15, 0.2) is 23.2 Å². The minimum absolute atomic E-state index is 0. The molecule has 1 aliphatic rings. The average molecular weight is 417 g/mol. The Labute approximate surface area is 151 Å². The first kappa shape index (κ1) is 19.1. The lowest BCUT2D eigenvalue weighted by molar-refractivity contribution is 0.414. The maximum absolute atomic E-state index is 5.32. The van der Waals surface area contributed by atoms with Crippen LogP contribution in [0, 0.1) is 6.92 Å². The molecule has 0 aromatic heterocycles. The van der Waals surface area contributed by atoms with Crippen LogP contribution in [-0.4, -0.2) is 25.7 Å². The SMILES string of the molecule is CCNC(=NCc1cc(C)cc(OC)c1)NC1CCCC1.I. The van der Waals surface area contributed by atoms with Crippen molar-refractivity contribution in [3.63, 3.8) is 0 Å². The number of guanidine groups is 1. The number of halogens is 1. The molecule has 0 bridgehead atoms. The van der Waals surface area contributed by atoms with E-state index in [9.17, 15) is 0 Å². The lowest BCUT2D eigenvalue weighted by atomic mass is 10.1. The fourth-order valence-corrected chi connectivity index (χ4v) is 2.79. The predicted molar refractivity (Wildman–Crippen MR) is 103 cm³/mol. The third-order valence-electron chi connectivity index (χ3n) is 3.81. The summed E-state index contributed by atoms with van der Waals surface area (Å²) >= 11 is 0. The molecule has 0 aliphatic heterocycles. The number of ether oxygens (including phenoxy) is 1. The van der Waals surface area contributed by atoms with Gasteiger partial charge in [0.05, 0.1) is 13.7 Å². The van der Waals surface area contributed by atoms with Gasteiger partial charge in [-0.05, 0) is 49.9 Å². The standard InChI is InChI=1S/C17H27N3O.HI/c1-4-18-17(20-15-7-5-6-8-15)19-12-14-9-13(2)10-16(11-14)21-3;/h9-11,15H,4-8,12H2,1-3H3,(H2,18,19,20);1H. The molecular formula is C17H28IN3O. The van der Waals surface area contributed by atoms with E-state index in [-0.39, 0.29) is 24.0 Å². The van der Waals surface area contributed by atoms with E-state index in [2.05, 4.69) is 36.6 Å². The van der Waals surface area contributed by atoms with Gasteiger partial charge in [0.25, 0.3) is 0 Å². The van der Waals surface area contributed by atoms with Crippen molar-refractivity contribution in [1.29, 1.82) is 0 Å². The van der Waals surface area contributed by atoms with Gasteiger partial charge in [0.2, 0.25) is 0 Å². The number of hydrogen-bond donors (Lipinski definition) is 2. The first-order chi connectivity index (χ1) is 10.2. The van der Waals surface area contributed by atoms with Gasteiger partial charge in [-0.15, -0.1) is 24.0 Å². The van der Waals surface area contributed by atoms with E-state index < -0.39 is 0 Å². The summed E-state index contributed by atoms with van der Waals surface area (Å²) in [6.45, 7) is 5.73. The van der Waals surface area contributed by atoms with Gasteiger partial charge in [0.1, 0.15) is 5.75 Å². The number of methoxy groups -OCH3 is 1. The van der Waals surface area contributed by atoms with Gasteiger partial charge in [-0.1, -0.05) is 18.9 Å². The number of nitrogens with zero attached hydrogens (tertiary/aromatic N) is 1. The molecule has 5 heteroatoms. The molecule has 1 aromatic carbocycles. The zero-order valence-electron chi connectivity index (χ0n) is 13.8. The number of nitrogens with one attached hydrogen (secondary N) is 2. The Hall–Kier alpha value is -0.980. The summed E-state index contributed by atoms with van der Waals surface area (Å²) in [5.74, 6) is 1.82. The van der Waals surface area contributed by atoms with Crippen LogP contribution in [-0.2, 0) is 6.54 Å². The molecule has 1 saturated carbocycles. The number of benzene rings is 1. The quantitative estimate of drug-likeness (QED) is 0.437. The van der Waals surface area contributed by atoms with Crippen molar-refractivity contribution in [1.82, 2.24) is 10.6 Å². The fourth-order valence-electron chi connectivity index (χ4n) is 2.79. The van der Waals surface area contributed by atoms with Crippen LogP contribution in [0.1, 0.15) is 43.7 Å². The molecule has 1 fully saturated rings. The van der Waals surface area contributed by atoms with Crippen LogP contribution in [0.5, 0.6) is 5.75 Å². The van der Waals surface area contributed by atoms with E-state index in [0.717, 1.165) is 18.3 Å². The van der Waals surface area contributed by atoms with E-state index in [4.69, 9.17) is 9.73 Å². The summed E-state index contributed by atoms with van der Waals surface area (Å²) in [6, 6.07) is 6.82. The lowest BCUT2D eigenvalue weighted by Crippen LogP contribution is -2.42. The van der Waals surface area contributed by atoms with Crippen molar-refractivity contribution < 1.29 is 4.74 Å². The van der Waals surface area contributed by atoms with E-state index in [1.807, 2.05) is 6.07 Å². The van der Waals surface area contributed by atoms with Gasteiger partial charge in [-0.3, -0.25) is 0 Å². The van der Waals surface area contributed by atoms with Crippen LogP contribution >= 0.6 is 24.0 Å². The maximum atomic E-state index is 5.32. The van der Waals surface area contributed by atoms with Gasteiger partial charge in [-0.2, -0.15) is 0 Å². The highest BCUT2D eigenvalue weighted by atomic mass is 127. The third-order valence-corrected chi connectivity index (χ3v) is 3.81. The van der Waals surface area contributed by atoms with Crippen LogP contribution in [0.2, 0.25) is 0 Å². The van der Waals surface area contributed by atoms with Crippen LogP contribution < -0.4 is 15.4 Å². The summed E-state index contributed by atoms with van der Waals surface area (Å²) in [5.41, 5.74) is 2.38. The Morgan fingerprint density at radius 2 is 2.00 bits per heavy atom. The first-order valence-electron chi connectivity index (χ1n) is 7.90. The highest BCUT2D eigenvalue weighted by Gasteiger charge is 2.15. The van der Waals surface area contributed by atoms with Gasteiger partial charge < -0.3 is 15.4 Å². The minimum Gasteiger partial charge on any atom is -0.497 e. The topological polar surface area (TPSA) is 45.7 Å². The fraction of sp³-hybridized carbons (Fsp3) is 0.588. The molecule has 1 aromatic rings. The minimum atomic E-state index is 0. The van der Waals surface area contributed by atoms with Gasteiger partial charge in [0.15, 0.2) is 5.96 Å². The predicted octanol–water partition coefficient (Wildman–Crippen LogP) is 3.62. The smallest absolute Gasteiger partial charge is 0.191 e. The highest BCUT2D eigenvalue weighted by Crippen LogP contribution is 2.18. The van der Waals surface area contributed by atoms with Crippen molar-refractivity contribution >= 4 is 29.9 Å². The summed E-state index contributed by atoms with van der Waals surface area (Å²) in [6.07, 6.45) is 5.16. The third kappa shape index (κ3) is 6.02. The Morgan fingerprint density at radius 1 is 1.27 bits per heavy atom. The van der Waals surface area contributed by atoms with Crippen molar-refractivity contribution in [3.8, 4) is 5.75 Å². The molecule has 2 N–H and O–H groups in total. The van der Waals surface area contributed by atoms with Gasteiger partial charge >= 0.3 is 0 Å². The van der Waals surface area contributed by atoms with Gasteiger partial charge in [-0.25, -0.2) is 4.99 Å². The Balaban J connectivity index is 0.00000242. The van der Waals surface area contributed by atoms with Crippen molar-refractivity contribution in [2.75, 3.05) is 13.7 Å². The average Bonchev–Trinajstić information content (AvgIpc) is 2.97. The molecule has 4 nitrogen and oxygen atoms in total. The molecule has 0 radical (unpaired) electrons. The second-order valence-corrected chi connectivity index (χ2v) is 5.68. The van der Waals surface area contributed by atoms with Crippen LogP contribution in [0.25, 0.3) is 0 Å². The largest absolute Gasteiger partial charge is 0.497 e. The molecule has 0 saturated heterocycles. The zero-order valence-corrected chi connectivity index (χ0v) is 16.1. The molecule has 124 valence electrons. The van der Waals surface area contributed by atoms with Gasteiger partial charge in [0, 0.05) is 12.6 Å². The number of rotatable bonds is 5. The lowest BCUT2D eigenvalue weighted by Gasteiger charge is -2.16. The van der Waals surface area contributed by atoms with Crippen LogP contribution in [0.4, 0.5) is 0 Å².